The number of aldehydes is 1. The Hall–Kier alpha value is -1.63. The first-order chi connectivity index (χ1) is 10.8. The lowest BCUT2D eigenvalue weighted by molar-refractivity contribution is -0.104. The monoisotopic (exact) mass is 312 g/mol. The predicted octanol–water partition coefficient (Wildman–Crippen LogP) is 6.50. The number of hydrogen-bond acceptors (Lipinski definition) is 1. The second kappa shape index (κ2) is 8.86. The molecule has 0 aromatic carbocycles. The summed E-state index contributed by atoms with van der Waals surface area (Å²) in [6.45, 7) is 13.3. The summed E-state index contributed by atoms with van der Waals surface area (Å²) in [5.74, 6) is 0. The Morgan fingerprint density at radius 1 is 1.17 bits per heavy atom. The third-order valence-corrected chi connectivity index (χ3v) is 4.81. The van der Waals surface area contributed by atoms with E-state index in [4.69, 9.17) is 0 Å². The lowest BCUT2D eigenvalue weighted by atomic mass is 9.72. The van der Waals surface area contributed by atoms with E-state index in [2.05, 4.69) is 52.8 Å². The summed E-state index contributed by atoms with van der Waals surface area (Å²) in [6.07, 6.45) is 15.9. The molecule has 1 rings (SSSR count). The molecule has 1 aliphatic rings. The molecule has 0 saturated heterocycles. The van der Waals surface area contributed by atoms with Crippen molar-refractivity contribution in [2.45, 2.75) is 67.2 Å². The fourth-order valence-corrected chi connectivity index (χ4v) is 3.25. The van der Waals surface area contributed by atoms with Gasteiger partial charge in [-0.2, -0.15) is 0 Å². The maximum absolute atomic E-state index is 10.5. The molecule has 1 nitrogen and oxygen atoms in total. The molecule has 0 fully saturated rings. The number of carbonyl (C=O) groups is 1. The van der Waals surface area contributed by atoms with Crippen LogP contribution in [0, 0.1) is 5.41 Å². The Bertz CT molecular complexity index is 577. The molecule has 23 heavy (non-hydrogen) atoms. The Balaban J connectivity index is 3.04. The van der Waals surface area contributed by atoms with Gasteiger partial charge in [0, 0.05) is 0 Å². The zero-order valence-corrected chi connectivity index (χ0v) is 15.7. The number of hydrogen-bond donors (Lipinski definition) is 0. The van der Waals surface area contributed by atoms with Gasteiger partial charge in [-0.15, -0.1) is 0 Å². The van der Waals surface area contributed by atoms with Crippen molar-refractivity contribution in [2.75, 3.05) is 0 Å². The molecule has 0 amide bonds. The van der Waals surface area contributed by atoms with Gasteiger partial charge in [-0.05, 0) is 80.2 Å². The third kappa shape index (κ3) is 5.82. The summed E-state index contributed by atoms with van der Waals surface area (Å²) in [4.78, 5) is 10.5. The van der Waals surface area contributed by atoms with Crippen LogP contribution in [0.1, 0.15) is 67.2 Å². The van der Waals surface area contributed by atoms with E-state index in [0.717, 1.165) is 18.3 Å². The minimum Gasteiger partial charge on any atom is -0.299 e. The first kappa shape index (κ1) is 19.4. The van der Waals surface area contributed by atoms with Gasteiger partial charge in [0.15, 0.2) is 0 Å². The number of rotatable bonds is 6. The van der Waals surface area contributed by atoms with Gasteiger partial charge in [0.25, 0.3) is 0 Å². The van der Waals surface area contributed by atoms with Crippen LogP contribution in [0.2, 0.25) is 0 Å². The van der Waals surface area contributed by atoms with Gasteiger partial charge in [-0.3, -0.25) is 4.79 Å². The van der Waals surface area contributed by atoms with Gasteiger partial charge >= 0.3 is 0 Å². The molecule has 0 unspecified atom stereocenters. The molecule has 0 aromatic heterocycles. The molecule has 0 bridgehead atoms. The van der Waals surface area contributed by atoms with Crippen LogP contribution in [-0.2, 0) is 4.79 Å². The summed E-state index contributed by atoms with van der Waals surface area (Å²) >= 11 is 0. The molecule has 0 atom stereocenters. The second-order valence-electron chi connectivity index (χ2n) is 7.21. The van der Waals surface area contributed by atoms with E-state index < -0.39 is 0 Å². The van der Waals surface area contributed by atoms with Crippen molar-refractivity contribution in [3.63, 3.8) is 0 Å². The van der Waals surface area contributed by atoms with Crippen LogP contribution in [0.3, 0.4) is 0 Å². The highest BCUT2D eigenvalue weighted by atomic mass is 16.1. The van der Waals surface area contributed by atoms with Crippen molar-refractivity contribution < 1.29 is 4.79 Å². The molecular weight excluding hydrogens is 280 g/mol. The van der Waals surface area contributed by atoms with Gasteiger partial charge in [0.05, 0.1) is 0 Å². The van der Waals surface area contributed by atoms with Crippen LogP contribution < -0.4 is 0 Å². The van der Waals surface area contributed by atoms with Crippen LogP contribution in [0.5, 0.6) is 0 Å². The van der Waals surface area contributed by atoms with Gasteiger partial charge in [0.2, 0.25) is 0 Å². The average Bonchev–Trinajstić information content (AvgIpc) is 2.47. The average molecular weight is 312 g/mol. The fourth-order valence-electron chi connectivity index (χ4n) is 3.25. The maximum Gasteiger partial charge on any atom is 0.143 e. The molecular formula is C22H32O. The van der Waals surface area contributed by atoms with Crippen molar-refractivity contribution >= 4 is 6.29 Å². The summed E-state index contributed by atoms with van der Waals surface area (Å²) in [5.41, 5.74) is 6.90. The van der Waals surface area contributed by atoms with Crippen LogP contribution >= 0.6 is 0 Å². The van der Waals surface area contributed by atoms with Crippen LogP contribution in [0.4, 0.5) is 0 Å². The van der Waals surface area contributed by atoms with Gasteiger partial charge in [0.1, 0.15) is 6.29 Å². The number of carbonyl (C=O) groups excluding carboxylic acids is 1. The molecule has 1 heteroatoms. The van der Waals surface area contributed by atoms with Crippen LogP contribution in [0.15, 0.2) is 58.2 Å². The number of allylic oxidation sites excluding steroid dienone is 10. The normalized spacial score (nSPS) is 20.3. The van der Waals surface area contributed by atoms with Crippen molar-refractivity contribution in [3.8, 4) is 0 Å². The van der Waals surface area contributed by atoms with Crippen LogP contribution in [-0.4, -0.2) is 6.29 Å². The standard InChI is InChI=1S/C22H32O/c1-7-20(12-10-17(2)14-16-23)18(3)11-13-21-19(4)9-8-15-22(21,5)6/h10-14,16H,7-9,15H2,1-6H3/b12-10-,13-11+,17-14+,20-18+. The molecule has 0 aliphatic heterocycles. The largest absolute Gasteiger partial charge is 0.299 e. The van der Waals surface area contributed by atoms with E-state index in [-0.39, 0.29) is 5.41 Å². The highest BCUT2D eigenvalue weighted by Crippen LogP contribution is 2.40. The summed E-state index contributed by atoms with van der Waals surface area (Å²) in [6, 6.07) is 0. The van der Waals surface area contributed by atoms with Crippen molar-refractivity contribution in [1.29, 1.82) is 0 Å². The van der Waals surface area contributed by atoms with Gasteiger partial charge in [-0.1, -0.05) is 50.6 Å². The molecule has 126 valence electrons. The highest BCUT2D eigenvalue weighted by molar-refractivity contribution is 5.67. The summed E-state index contributed by atoms with van der Waals surface area (Å²) in [7, 11) is 0. The fraction of sp³-hybridized carbons (Fsp3) is 0.500. The molecule has 0 radical (unpaired) electrons. The molecule has 0 N–H and O–H groups in total. The van der Waals surface area contributed by atoms with Crippen molar-refractivity contribution in [3.05, 3.63) is 58.2 Å². The minimum absolute atomic E-state index is 0.282. The zero-order valence-electron chi connectivity index (χ0n) is 15.7. The molecule has 0 aromatic rings. The van der Waals surface area contributed by atoms with Crippen molar-refractivity contribution in [1.82, 2.24) is 0 Å². The molecule has 0 spiro atoms. The van der Waals surface area contributed by atoms with E-state index in [1.54, 1.807) is 6.08 Å². The first-order valence-corrected chi connectivity index (χ1v) is 8.70. The Morgan fingerprint density at radius 3 is 2.43 bits per heavy atom. The van der Waals surface area contributed by atoms with Gasteiger partial charge in [-0.25, -0.2) is 0 Å². The minimum atomic E-state index is 0.282. The Labute approximate surface area is 142 Å². The molecule has 1 aliphatic carbocycles. The van der Waals surface area contributed by atoms with Crippen LogP contribution in [0.25, 0.3) is 0 Å². The Kier molecular flexibility index (Phi) is 7.48. The Morgan fingerprint density at radius 2 is 1.87 bits per heavy atom. The van der Waals surface area contributed by atoms with E-state index in [1.807, 2.05) is 13.0 Å². The molecule has 0 heterocycles. The topological polar surface area (TPSA) is 17.1 Å². The van der Waals surface area contributed by atoms with Gasteiger partial charge < -0.3 is 0 Å². The smallest absolute Gasteiger partial charge is 0.143 e. The maximum atomic E-state index is 10.5. The summed E-state index contributed by atoms with van der Waals surface area (Å²) in [5, 5.41) is 0. The zero-order chi connectivity index (χ0) is 17.5. The molecule has 0 saturated carbocycles. The van der Waals surface area contributed by atoms with Crippen molar-refractivity contribution in [2.24, 2.45) is 5.41 Å². The first-order valence-electron chi connectivity index (χ1n) is 8.70. The quantitative estimate of drug-likeness (QED) is 0.311. The SMILES string of the molecule is CCC(/C=C\C(C)=C\C=O)=C(C)\C=C\C1=C(C)CCCC1(C)C. The lowest BCUT2D eigenvalue weighted by Gasteiger charge is -2.33. The lowest BCUT2D eigenvalue weighted by Crippen LogP contribution is -2.19. The van der Waals surface area contributed by atoms with E-state index in [1.165, 1.54) is 41.6 Å². The van der Waals surface area contributed by atoms with E-state index in [9.17, 15) is 4.79 Å². The van der Waals surface area contributed by atoms with E-state index in [0.29, 0.717) is 0 Å². The summed E-state index contributed by atoms with van der Waals surface area (Å²) < 4.78 is 0. The highest BCUT2D eigenvalue weighted by Gasteiger charge is 2.26. The second-order valence-corrected chi connectivity index (χ2v) is 7.21. The van der Waals surface area contributed by atoms with E-state index >= 15 is 0 Å². The predicted molar refractivity (Wildman–Crippen MR) is 101 cm³/mol. The third-order valence-electron chi connectivity index (χ3n) is 4.81.